The Hall–Kier alpha value is -0.910. The summed E-state index contributed by atoms with van der Waals surface area (Å²) in [5.74, 6) is 0.600. The van der Waals surface area contributed by atoms with Crippen LogP contribution in [0.4, 0.5) is 0 Å². The van der Waals surface area contributed by atoms with Crippen LogP contribution in [0, 0.1) is 0 Å². The highest BCUT2D eigenvalue weighted by Crippen LogP contribution is 2.35. The van der Waals surface area contributed by atoms with E-state index in [1.807, 2.05) is 6.20 Å². The van der Waals surface area contributed by atoms with Gasteiger partial charge in [-0.25, -0.2) is 13.4 Å². The second kappa shape index (κ2) is 7.97. The van der Waals surface area contributed by atoms with Crippen molar-refractivity contribution in [3.63, 3.8) is 0 Å². The van der Waals surface area contributed by atoms with Crippen LogP contribution in [0.5, 0.6) is 0 Å². The predicted molar refractivity (Wildman–Crippen MR) is 113 cm³/mol. The van der Waals surface area contributed by atoms with Gasteiger partial charge in [0.25, 0.3) is 0 Å². The first-order chi connectivity index (χ1) is 14.0. The van der Waals surface area contributed by atoms with Crippen LogP contribution in [0.3, 0.4) is 0 Å². The van der Waals surface area contributed by atoms with Gasteiger partial charge in [-0.2, -0.15) is 0 Å². The Morgan fingerprint density at radius 2 is 1.90 bits per heavy atom. The number of likely N-dealkylation sites (tertiary alicyclic amines) is 1. The summed E-state index contributed by atoms with van der Waals surface area (Å²) >= 11 is 8.11. The molecule has 0 amide bonds. The van der Waals surface area contributed by atoms with E-state index >= 15 is 0 Å². The summed E-state index contributed by atoms with van der Waals surface area (Å²) in [5, 5.41) is 1.13. The monoisotopic (exact) mass is 459 g/mol. The fourth-order valence-electron chi connectivity index (χ4n) is 4.37. The Labute approximate surface area is 180 Å². The van der Waals surface area contributed by atoms with Gasteiger partial charge in [-0.15, -0.1) is 11.3 Å². The lowest BCUT2D eigenvalue weighted by Gasteiger charge is -2.46. The van der Waals surface area contributed by atoms with Gasteiger partial charge in [0.2, 0.25) is 0 Å². The Balaban J connectivity index is 1.20. The van der Waals surface area contributed by atoms with Crippen LogP contribution in [0.25, 0.3) is 5.70 Å². The largest absolute Gasteiger partial charge is 0.378 e. The molecule has 5 heterocycles. The number of nitrogens with zero attached hydrogens (tertiary/aromatic N) is 5. The summed E-state index contributed by atoms with van der Waals surface area (Å²) in [7, 11) is -2.81. The number of fused-ring (bicyclic) bond motifs is 1. The first-order valence-corrected chi connectivity index (χ1v) is 13.1. The molecule has 1 aromatic rings. The number of hydrogen-bond donors (Lipinski definition) is 0. The molecule has 5 rings (SSSR count). The molecule has 0 spiro atoms. The maximum atomic E-state index is 11.6. The van der Waals surface area contributed by atoms with Crippen molar-refractivity contribution in [2.24, 2.45) is 0 Å². The summed E-state index contributed by atoms with van der Waals surface area (Å²) in [5.41, 5.74) is 2.17. The molecule has 0 radical (unpaired) electrons. The molecule has 0 unspecified atom stereocenters. The zero-order chi connectivity index (χ0) is 20.0. The van der Waals surface area contributed by atoms with E-state index in [1.54, 1.807) is 15.8 Å². The van der Waals surface area contributed by atoms with Crippen LogP contribution in [0.2, 0.25) is 0 Å². The molecule has 3 saturated heterocycles. The van der Waals surface area contributed by atoms with Crippen LogP contribution >= 0.6 is 23.1 Å². The molecule has 160 valence electrons. The molecule has 0 bridgehead atoms. The van der Waals surface area contributed by atoms with Crippen molar-refractivity contribution in [2.75, 3.05) is 64.0 Å². The summed E-state index contributed by atoms with van der Waals surface area (Å²) in [6, 6.07) is 0.474. The first-order valence-electron chi connectivity index (χ1n) is 10.1. The maximum Gasteiger partial charge on any atom is 0.152 e. The summed E-state index contributed by atoms with van der Waals surface area (Å²) < 4.78 is 30.4. The molecule has 4 aliphatic rings. The van der Waals surface area contributed by atoms with E-state index < -0.39 is 9.84 Å². The number of aromatic nitrogens is 1. The van der Waals surface area contributed by atoms with Gasteiger partial charge < -0.3 is 9.64 Å². The molecule has 3 fully saturated rings. The van der Waals surface area contributed by atoms with Gasteiger partial charge >= 0.3 is 0 Å². The summed E-state index contributed by atoms with van der Waals surface area (Å²) in [6.45, 7) is 8.04. The van der Waals surface area contributed by atoms with Gasteiger partial charge in [0, 0.05) is 63.3 Å². The van der Waals surface area contributed by atoms with E-state index in [1.165, 1.54) is 4.88 Å². The van der Waals surface area contributed by atoms with E-state index in [0.29, 0.717) is 37.2 Å². The third-order valence-corrected chi connectivity index (χ3v) is 8.94. The number of ether oxygens (including phenoxy) is 1. The molecule has 11 heteroatoms. The highest BCUT2D eigenvalue weighted by Gasteiger charge is 2.35. The molecule has 0 saturated carbocycles. The van der Waals surface area contributed by atoms with Crippen LogP contribution in [0.15, 0.2) is 6.20 Å². The highest BCUT2D eigenvalue weighted by atomic mass is 35.5. The van der Waals surface area contributed by atoms with Crippen molar-refractivity contribution < 1.29 is 13.2 Å². The van der Waals surface area contributed by atoms with Crippen molar-refractivity contribution in [3.05, 3.63) is 21.8 Å². The lowest BCUT2D eigenvalue weighted by atomic mass is 10.1. The van der Waals surface area contributed by atoms with Crippen LogP contribution in [-0.2, 0) is 27.7 Å². The standard InChI is InChI=1S/C18H26ClN5O3S2/c19-24-11-15(23-1-5-27-6-2-23)18-16(12-24)28-17(20-18)13-21-9-14(10-21)22-3-7-29(25,26)8-4-22/h11,14H,1-10,12-13H2. The van der Waals surface area contributed by atoms with E-state index in [9.17, 15) is 8.42 Å². The number of rotatable bonds is 4. The molecule has 0 atom stereocenters. The minimum absolute atomic E-state index is 0.300. The van der Waals surface area contributed by atoms with Gasteiger partial charge in [-0.3, -0.25) is 14.2 Å². The normalized spacial score (nSPS) is 26.2. The highest BCUT2D eigenvalue weighted by molar-refractivity contribution is 7.91. The Bertz CT molecular complexity index is 879. The maximum absolute atomic E-state index is 11.6. The van der Waals surface area contributed by atoms with Crippen molar-refractivity contribution in [1.29, 1.82) is 0 Å². The molecule has 1 aromatic heterocycles. The molecule has 8 nitrogen and oxygen atoms in total. The second-order valence-corrected chi connectivity index (χ2v) is 12.0. The zero-order valence-corrected chi connectivity index (χ0v) is 18.7. The topological polar surface area (TPSA) is 69.2 Å². The van der Waals surface area contributed by atoms with Gasteiger partial charge in [0.15, 0.2) is 9.84 Å². The number of halogens is 1. The molecule has 4 aliphatic heterocycles. The molecule has 0 N–H and O–H groups in total. The molecule has 0 aliphatic carbocycles. The van der Waals surface area contributed by atoms with Gasteiger partial charge in [-0.05, 0) is 0 Å². The van der Waals surface area contributed by atoms with E-state index in [-0.39, 0.29) is 0 Å². The lowest BCUT2D eigenvalue weighted by Crippen LogP contribution is -2.61. The smallest absolute Gasteiger partial charge is 0.152 e. The molecular formula is C18H26ClN5O3S2. The van der Waals surface area contributed by atoms with Crippen LogP contribution in [-0.4, -0.2) is 103 Å². The predicted octanol–water partition coefficient (Wildman–Crippen LogP) is 0.658. The number of hydrogen-bond acceptors (Lipinski definition) is 9. The number of sulfone groups is 1. The molecule has 29 heavy (non-hydrogen) atoms. The van der Waals surface area contributed by atoms with Crippen molar-refractivity contribution in [2.45, 2.75) is 19.1 Å². The fraction of sp³-hybridized carbons (Fsp3) is 0.722. The SMILES string of the molecule is O=S1(=O)CCN(C2CN(Cc3nc4c(s3)CN(Cl)C=C4N3CCOCC3)C2)CC1. The third kappa shape index (κ3) is 4.28. The average molecular weight is 460 g/mol. The fourth-order valence-corrected chi connectivity index (χ4v) is 7.00. The van der Waals surface area contributed by atoms with Gasteiger partial charge in [-0.1, -0.05) is 0 Å². The lowest BCUT2D eigenvalue weighted by molar-refractivity contribution is 0.0334. The quantitative estimate of drug-likeness (QED) is 0.608. The summed E-state index contributed by atoms with van der Waals surface area (Å²) in [4.78, 5) is 13.2. The number of thiazole rings is 1. The number of morpholine rings is 1. The Morgan fingerprint density at radius 1 is 1.17 bits per heavy atom. The zero-order valence-electron chi connectivity index (χ0n) is 16.3. The van der Waals surface area contributed by atoms with Gasteiger partial charge in [0.1, 0.15) is 10.7 Å². The van der Waals surface area contributed by atoms with Crippen molar-refractivity contribution in [3.8, 4) is 0 Å². The van der Waals surface area contributed by atoms with Crippen molar-refractivity contribution >= 4 is 38.6 Å². The average Bonchev–Trinajstić information content (AvgIpc) is 3.07. The van der Waals surface area contributed by atoms with Gasteiger partial charge in [0.05, 0.1) is 48.4 Å². The van der Waals surface area contributed by atoms with E-state index in [4.69, 9.17) is 21.5 Å². The first kappa shape index (κ1) is 20.0. The Kier molecular flexibility index (Phi) is 5.50. The summed E-state index contributed by atoms with van der Waals surface area (Å²) in [6.07, 6.45) is 1.99. The second-order valence-electron chi connectivity index (χ2n) is 8.09. The van der Waals surface area contributed by atoms with Crippen LogP contribution in [0.1, 0.15) is 15.6 Å². The van der Waals surface area contributed by atoms with Crippen LogP contribution < -0.4 is 0 Å². The minimum atomic E-state index is -2.81. The van der Waals surface area contributed by atoms with Crippen molar-refractivity contribution in [1.82, 2.24) is 24.1 Å². The molecular weight excluding hydrogens is 434 g/mol. The van der Waals surface area contributed by atoms with E-state index in [2.05, 4.69) is 14.7 Å². The Morgan fingerprint density at radius 3 is 2.62 bits per heavy atom. The van der Waals surface area contributed by atoms with E-state index in [0.717, 1.165) is 62.3 Å². The molecule has 0 aromatic carbocycles. The third-order valence-electron chi connectivity index (χ3n) is 6.09. The minimum Gasteiger partial charge on any atom is -0.378 e.